The average molecular weight is 516 g/mol. The molecule has 0 amide bonds. The highest BCUT2D eigenvalue weighted by Crippen LogP contribution is 2.64. The lowest BCUT2D eigenvalue weighted by atomic mass is 9.70. The van der Waals surface area contributed by atoms with Crippen LogP contribution in [0.1, 0.15) is 45.1 Å². The van der Waals surface area contributed by atoms with Crippen molar-refractivity contribution in [3.05, 3.63) is 54.1 Å². The van der Waals surface area contributed by atoms with Crippen molar-refractivity contribution < 1.29 is 32.6 Å². The molecular formula is C27H33NO7S. The third-order valence-electron chi connectivity index (χ3n) is 7.89. The number of nitrogens with one attached hydrogen (secondary N) is 1. The predicted molar refractivity (Wildman–Crippen MR) is 136 cm³/mol. The first-order valence-corrected chi connectivity index (χ1v) is 13.9. The number of carbonyl (C=O) groups excluding carboxylic acids is 1. The maximum Gasteiger partial charge on any atom is 0.303 e. The third-order valence-corrected chi connectivity index (χ3v) is 9.31. The molecule has 2 bridgehead atoms. The third kappa shape index (κ3) is 5.36. The number of aryl methyl sites for hydroxylation is 1. The van der Waals surface area contributed by atoms with Gasteiger partial charge in [0.05, 0.1) is 11.2 Å². The lowest BCUT2D eigenvalue weighted by Crippen LogP contribution is -2.43. The minimum absolute atomic E-state index is 0.0303. The molecule has 0 saturated heterocycles. The summed E-state index contributed by atoms with van der Waals surface area (Å²) in [5, 5.41) is 8.89. The summed E-state index contributed by atoms with van der Waals surface area (Å²) in [4.78, 5) is 23.5. The fourth-order valence-electron chi connectivity index (χ4n) is 5.67. The highest BCUT2D eigenvalue weighted by molar-refractivity contribution is 7.92. The molecule has 2 aliphatic rings. The van der Waals surface area contributed by atoms with E-state index in [-0.39, 0.29) is 42.5 Å². The molecule has 8 nitrogen and oxygen atoms in total. The first-order chi connectivity index (χ1) is 17.0. The molecule has 2 aliphatic carbocycles. The van der Waals surface area contributed by atoms with Crippen LogP contribution in [0.25, 0.3) is 0 Å². The van der Waals surface area contributed by atoms with Gasteiger partial charge in [-0.15, -0.1) is 0 Å². The van der Waals surface area contributed by atoms with E-state index in [0.717, 1.165) is 12.0 Å². The van der Waals surface area contributed by atoms with Gasteiger partial charge in [0.25, 0.3) is 0 Å². The number of fused-ring (bicyclic) bond motifs is 2. The van der Waals surface area contributed by atoms with Crippen LogP contribution in [0.15, 0.2) is 48.5 Å². The van der Waals surface area contributed by atoms with E-state index in [1.54, 1.807) is 30.3 Å². The number of para-hydroxylation sites is 1. The molecule has 2 unspecified atom stereocenters. The molecule has 0 spiro atoms. The van der Waals surface area contributed by atoms with Gasteiger partial charge in [-0.3, -0.25) is 14.3 Å². The number of carbonyl (C=O) groups is 2. The summed E-state index contributed by atoms with van der Waals surface area (Å²) in [6.07, 6.45) is 2.42. The molecule has 194 valence electrons. The Morgan fingerprint density at radius 1 is 1.08 bits per heavy atom. The van der Waals surface area contributed by atoms with Crippen molar-refractivity contribution >= 4 is 27.5 Å². The zero-order chi connectivity index (χ0) is 26.0. The Balaban J connectivity index is 1.28. The normalized spacial score (nSPS) is 22.4. The number of anilines is 1. The van der Waals surface area contributed by atoms with Crippen LogP contribution in [-0.4, -0.2) is 44.2 Å². The number of hydrogen-bond donors (Lipinski definition) is 2. The molecule has 2 aromatic carbocycles. The van der Waals surface area contributed by atoms with Gasteiger partial charge in [0.2, 0.25) is 10.0 Å². The number of rotatable bonds is 12. The lowest BCUT2D eigenvalue weighted by Gasteiger charge is -2.36. The Bertz CT molecular complexity index is 1220. The number of carboxylic acids is 1. The lowest BCUT2D eigenvalue weighted by molar-refractivity contribution is -0.137. The van der Waals surface area contributed by atoms with Crippen LogP contribution in [-0.2, 0) is 26.0 Å². The van der Waals surface area contributed by atoms with E-state index in [1.807, 2.05) is 32.0 Å². The molecule has 2 fully saturated rings. The summed E-state index contributed by atoms with van der Waals surface area (Å²) in [7, 11) is -3.71. The number of ketones is 1. The van der Waals surface area contributed by atoms with E-state index in [2.05, 4.69) is 4.72 Å². The minimum atomic E-state index is -3.71. The first kappa shape index (κ1) is 26.0. The van der Waals surface area contributed by atoms with Gasteiger partial charge in [0, 0.05) is 18.5 Å². The number of ether oxygens (including phenoxy) is 2. The Morgan fingerprint density at radius 3 is 2.42 bits per heavy atom. The fourth-order valence-corrected chi connectivity index (χ4v) is 7.56. The average Bonchev–Trinajstić information content (AvgIpc) is 3.16. The van der Waals surface area contributed by atoms with Crippen LogP contribution in [0.2, 0.25) is 0 Å². The summed E-state index contributed by atoms with van der Waals surface area (Å²) < 4.78 is 40.0. The second-order valence-electron chi connectivity index (χ2n) is 10.3. The summed E-state index contributed by atoms with van der Waals surface area (Å²) in [6, 6.07) is 13.9. The maximum atomic E-state index is 13.0. The van der Waals surface area contributed by atoms with Gasteiger partial charge in [-0.1, -0.05) is 32.0 Å². The molecule has 2 aromatic rings. The summed E-state index contributed by atoms with van der Waals surface area (Å²) in [5.74, 6) is 0.477. The van der Waals surface area contributed by atoms with E-state index in [0.29, 0.717) is 36.4 Å². The highest BCUT2D eigenvalue weighted by Gasteiger charge is 2.65. The molecule has 2 atom stereocenters. The number of benzene rings is 2. The Labute approximate surface area is 212 Å². The van der Waals surface area contributed by atoms with Gasteiger partial charge in [-0.2, -0.15) is 0 Å². The van der Waals surface area contributed by atoms with Crippen LogP contribution in [0.5, 0.6) is 11.5 Å². The van der Waals surface area contributed by atoms with Crippen LogP contribution in [0.4, 0.5) is 5.69 Å². The van der Waals surface area contributed by atoms with Crippen molar-refractivity contribution in [3.63, 3.8) is 0 Å². The molecule has 0 aromatic heterocycles. The molecule has 0 heterocycles. The SMILES string of the molecule is CC1(C)C2CCC1(CS(=O)(=O)Nc1ccc(OCCOc3ccccc3CCC(=O)O)cc1)C(=O)C2. The van der Waals surface area contributed by atoms with Crippen LogP contribution in [0.3, 0.4) is 0 Å². The van der Waals surface area contributed by atoms with Crippen molar-refractivity contribution in [2.24, 2.45) is 16.7 Å². The standard InChI is InChI=1S/C27H33NO7S/c1-26(2)20-13-14-27(26,24(29)17-20)18-36(32,33)28-21-8-10-22(11-9-21)34-15-16-35-23-6-4-3-5-19(23)7-12-25(30)31/h3-6,8-11,20,28H,7,12-18H2,1-2H3,(H,30,31). The summed E-state index contributed by atoms with van der Waals surface area (Å²) >= 11 is 0. The number of hydrogen-bond acceptors (Lipinski definition) is 6. The van der Waals surface area contributed by atoms with Crippen molar-refractivity contribution in [2.45, 2.75) is 46.0 Å². The quantitative estimate of drug-likeness (QED) is 0.405. The van der Waals surface area contributed by atoms with E-state index in [4.69, 9.17) is 14.6 Å². The molecular weight excluding hydrogens is 482 g/mol. The molecule has 4 rings (SSSR count). The minimum Gasteiger partial charge on any atom is -0.490 e. The van der Waals surface area contributed by atoms with E-state index < -0.39 is 21.4 Å². The van der Waals surface area contributed by atoms with Crippen molar-refractivity contribution in [2.75, 3.05) is 23.7 Å². The van der Waals surface area contributed by atoms with Gasteiger partial charge in [-0.05, 0) is 66.5 Å². The number of sulfonamides is 1. The smallest absolute Gasteiger partial charge is 0.303 e. The molecule has 2 N–H and O–H groups in total. The van der Waals surface area contributed by atoms with E-state index in [9.17, 15) is 18.0 Å². The number of carboxylic acid groups (broad SMARTS) is 1. The molecule has 36 heavy (non-hydrogen) atoms. The zero-order valence-electron chi connectivity index (χ0n) is 20.7. The van der Waals surface area contributed by atoms with E-state index in [1.165, 1.54) is 0 Å². The van der Waals surface area contributed by atoms with Gasteiger partial charge in [0.1, 0.15) is 30.5 Å². The monoisotopic (exact) mass is 515 g/mol. The van der Waals surface area contributed by atoms with Crippen LogP contribution in [0, 0.1) is 16.7 Å². The van der Waals surface area contributed by atoms with Gasteiger partial charge in [-0.25, -0.2) is 8.42 Å². The van der Waals surface area contributed by atoms with Crippen molar-refractivity contribution in [1.29, 1.82) is 0 Å². The second kappa shape index (κ2) is 10.1. The number of Topliss-reactive ketones (excluding diaryl/α,β-unsaturated/α-hetero) is 1. The highest BCUT2D eigenvalue weighted by atomic mass is 32.2. The Hall–Kier alpha value is -3.07. The summed E-state index contributed by atoms with van der Waals surface area (Å²) in [6.45, 7) is 4.58. The summed E-state index contributed by atoms with van der Waals surface area (Å²) in [5.41, 5.74) is 0.126. The Kier molecular flexibility index (Phi) is 7.31. The Morgan fingerprint density at radius 2 is 1.78 bits per heavy atom. The first-order valence-electron chi connectivity index (χ1n) is 12.2. The second-order valence-corrected chi connectivity index (χ2v) is 12.0. The zero-order valence-corrected chi connectivity index (χ0v) is 21.5. The van der Waals surface area contributed by atoms with Crippen molar-refractivity contribution in [3.8, 4) is 11.5 Å². The maximum absolute atomic E-state index is 13.0. The largest absolute Gasteiger partial charge is 0.490 e. The van der Waals surface area contributed by atoms with Gasteiger partial charge < -0.3 is 14.6 Å². The van der Waals surface area contributed by atoms with Crippen LogP contribution >= 0.6 is 0 Å². The van der Waals surface area contributed by atoms with E-state index >= 15 is 0 Å². The fraction of sp³-hybridized carbons (Fsp3) is 0.481. The topological polar surface area (TPSA) is 119 Å². The number of aliphatic carboxylic acids is 1. The van der Waals surface area contributed by atoms with Crippen LogP contribution < -0.4 is 14.2 Å². The molecule has 0 radical (unpaired) electrons. The predicted octanol–water partition coefficient (Wildman–Crippen LogP) is 4.30. The van der Waals surface area contributed by atoms with Gasteiger partial charge >= 0.3 is 5.97 Å². The molecule has 9 heteroatoms. The molecule has 0 aliphatic heterocycles. The van der Waals surface area contributed by atoms with Crippen molar-refractivity contribution in [1.82, 2.24) is 0 Å². The van der Waals surface area contributed by atoms with Gasteiger partial charge in [0.15, 0.2) is 0 Å². The molecule has 2 saturated carbocycles.